The van der Waals surface area contributed by atoms with Crippen molar-refractivity contribution >= 4 is 22.6 Å². The van der Waals surface area contributed by atoms with Crippen molar-refractivity contribution in [2.75, 3.05) is 18.5 Å². The summed E-state index contributed by atoms with van der Waals surface area (Å²) in [5.41, 5.74) is 4.43. The van der Waals surface area contributed by atoms with Crippen molar-refractivity contribution in [1.29, 1.82) is 0 Å². The van der Waals surface area contributed by atoms with Crippen LogP contribution in [0.3, 0.4) is 0 Å². The van der Waals surface area contributed by atoms with Crippen LogP contribution in [0.2, 0.25) is 0 Å². The summed E-state index contributed by atoms with van der Waals surface area (Å²) >= 11 is 0. The first-order chi connectivity index (χ1) is 13.5. The predicted molar refractivity (Wildman–Crippen MR) is 110 cm³/mol. The number of nitrogens with zero attached hydrogens (tertiary/aromatic N) is 2. The smallest absolute Gasteiger partial charge is 0.279 e. The van der Waals surface area contributed by atoms with E-state index in [9.17, 15) is 4.79 Å². The van der Waals surface area contributed by atoms with E-state index in [2.05, 4.69) is 15.3 Å². The van der Waals surface area contributed by atoms with Crippen molar-refractivity contribution in [1.82, 2.24) is 9.97 Å². The van der Waals surface area contributed by atoms with Crippen molar-refractivity contribution in [3.8, 4) is 11.6 Å². The van der Waals surface area contributed by atoms with Crippen LogP contribution in [0.1, 0.15) is 41.9 Å². The average Bonchev–Trinajstić information content (AvgIpc) is 2.68. The van der Waals surface area contributed by atoms with Gasteiger partial charge in [0, 0.05) is 5.69 Å². The van der Waals surface area contributed by atoms with E-state index in [-0.39, 0.29) is 17.5 Å². The van der Waals surface area contributed by atoms with Gasteiger partial charge >= 0.3 is 0 Å². The lowest BCUT2D eigenvalue weighted by Crippen LogP contribution is -2.17. The summed E-state index contributed by atoms with van der Waals surface area (Å²) in [6.07, 6.45) is 0.812. The molecule has 0 bridgehead atoms. The van der Waals surface area contributed by atoms with Crippen molar-refractivity contribution < 1.29 is 14.3 Å². The molecule has 6 heteroatoms. The van der Waals surface area contributed by atoms with Crippen LogP contribution in [0.25, 0.3) is 11.0 Å². The minimum absolute atomic E-state index is 0.179. The molecule has 28 heavy (non-hydrogen) atoms. The molecule has 0 aliphatic heterocycles. The summed E-state index contributed by atoms with van der Waals surface area (Å²) in [5.74, 6) is 0.646. The Hall–Kier alpha value is -3.15. The molecule has 1 N–H and O–H groups in total. The Balaban J connectivity index is 1.94. The quantitative estimate of drug-likeness (QED) is 0.645. The number of benzene rings is 2. The molecule has 0 spiro atoms. The van der Waals surface area contributed by atoms with E-state index in [1.165, 1.54) is 0 Å². The third-order valence-electron chi connectivity index (χ3n) is 4.33. The summed E-state index contributed by atoms with van der Waals surface area (Å²) in [7, 11) is 0. The maximum Gasteiger partial charge on any atom is 0.279 e. The van der Waals surface area contributed by atoms with E-state index in [0.29, 0.717) is 29.9 Å². The van der Waals surface area contributed by atoms with Crippen LogP contribution in [0.15, 0.2) is 36.4 Å². The first kappa shape index (κ1) is 19.6. The molecular weight excluding hydrogens is 354 g/mol. The maximum atomic E-state index is 12.9. The van der Waals surface area contributed by atoms with Gasteiger partial charge in [0.25, 0.3) is 5.91 Å². The fraction of sp³-hybridized carbons (Fsp3) is 0.318. The zero-order valence-corrected chi connectivity index (χ0v) is 16.7. The van der Waals surface area contributed by atoms with Crippen molar-refractivity contribution in [2.24, 2.45) is 0 Å². The summed E-state index contributed by atoms with van der Waals surface area (Å²) in [6, 6.07) is 11.1. The largest absolute Gasteiger partial charge is 0.494 e. The van der Waals surface area contributed by atoms with Gasteiger partial charge in [-0.2, -0.15) is 0 Å². The number of rotatable bonds is 7. The molecule has 2 aromatic carbocycles. The van der Waals surface area contributed by atoms with Gasteiger partial charge in [-0.1, -0.05) is 6.92 Å². The van der Waals surface area contributed by atoms with Gasteiger partial charge in [-0.15, -0.1) is 0 Å². The van der Waals surface area contributed by atoms with E-state index in [1.54, 1.807) is 12.1 Å². The number of hydrogen-bond acceptors (Lipinski definition) is 5. The Bertz CT molecular complexity index is 984. The molecule has 0 radical (unpaired) electrons. The molecule has 1 heterocycles. The lowest BCUT2D eigenvalue weighted by atomic mass is 10.1. The molecule has 0 saturated carbocycles. The molecule has 0 unspecified atom stereocenters. The minimum Gasteiger partial charge on any atom is -0.494 e. The van der Waals surface area contributed by atoms with Gasteiger partial charge in [0.1, 0.15) is 5.75 Å². The number of nitrogens with one attached hydrogen (secondary N) is 1. The van der Waals surface area contributed by atoms with Gasteiger partial charge in [-0.3, -0.25) is 4.79 Å². The lowest BCUT2D eigenvalue weighted by Gasteiger charge is -2.12. The molecule has 146 valence electrons. The molecule has 1 aromatic heterocycles. The number of aryl methyl sites for hydroxylation is 2. The topological polar surface area (TPSA) is 73.3 Å². The summed E-state index contributed by atoms with van der Waals surface area (Å²) in [6.45, 7) is 9.02. The first-order valence-electron chi connectivity index (χ1n) is 9.47. The van der Waals surface area contributed by atoms with Gasteiger partial charge in [0.15, 0.2) is 5.69 Å². The number of fused-ring (bicyclic) bond motifs is 1. The zero-order chi connectivity index (χ0) is 20.1. The predicted octanol–water partition coefficient (Wildman–Crippen LogP) is 4.69. The fourth-order valence-electron chi connectivity index (χ4n) is 2.73. The van der Waals surface area contributed by atoms with Gasteiger partial charge in [0.2, 0.25) is 5.88 Å². The van der Waals surface area contributed by atoms with Crippen LogP contribution in [0, 0.1) is 13.8 Å². The van der Waals surface area contributed by atoms with Gasteiger partial charge in [0.05, 0.1) is 24.2 Å². The number of amides is 1. The fourth-order valence-corrected chi connectivity index (χ4v) is 2.73. The number of aromatic nitrogens is 2. The summed E-state index contributed by atoms with van der Waals surface area (Å²) in [4.78, 5) is 22.0. The zero-order valence-electron chi connectivity index (χ0n) is 16.7. The molecule has 0 aliphatic carbocycles. The van der Waals surface area contributed by atoms with Crippen LogP contribution in [-0.2, 0) is 0 Å². The second-order valence-electron chi connectivity index (χ2n) is 6.56. The van der Waals surface area contributed by atoms with Gasteiger partial charge in [-0.25, -0.2) is 9.97 Å². The van der Waals surface area contributed by atoms with E-state index in [1.807, 2.05) is 52.0 Å². The molecule has 0 saturated heterocycles. The van der Waals surface area contributed by atoms with Crippen LogP contribution in [0.4, 0.5) is 5.69 Å². The molecule has 0 aliphatic rings. The van der Waals surface area contributed by atoms with Crippen LogP contribution >= 0.6 is 0 Å². The Labute approximate surface area is 164 Å². The summed E-state index contributed by atoms with van der Waals surface area (Å²) in [5, 5.41) is 2.86. The highest BCUT2D eigenvalue weighted by atomic mass is 16.5. The van der Waals surface area contributed by atoms with Crippen molar-refractivity contribution in [3.63, 3.8) is 0 Å². The minimum atomic E-state index is -0.358. The Morgan fingerprint density at radius 1 is 0.964 bits per heavy atom. The number of carbonyl (C=O) groups excluding carboxylic acids is 1. The van der Waals surface area contributed by atoms with Gasteiger partial charge < -0.3 is 14.8 Å². The monoisotopic (exact) mass is 379 g/mol. The van der Waals surface area contributed by atoms with E-state index >= 15 is 0 Å². The van der Waals surface area contributed by atoms with Crippen LogP contribution < -0.4 is 14.8 Å². The van der Waals surface area contributed by atoms with E-state index in [0.717, 1.165) is 23.3 Å². The van der Waals surface area contributed by atoms with E-state index < -0.39 is 0 Å². The molecule has 0 fully saturated rings. The third kappa shape index (κ3) is 4.39. The SMILES string of the molecule is CCCOc1nc2cc(C)c(C)cc2nc1C(=O)Nc1ccc(OCC)cc1. The maximum absolute atomic E-state index is 12.9. The van der Waals surface area contributed by atoms with Crippen molar-refractivity contribution in [3.05, 3.63) is 53.2 Å². The second kappa shape index (κ2) is 8.69. The highest BCUT2D eigenvalue weighted by Crippen LogP contribution is 2.24. The number of anilines is 1. The van der Waals surface area contributed by atoms with Gasteiger partial charge in [-0.05, 0) is 74.7 Å². The molecular formula is C22H25N3O3. The van der Waals surface area contributed by atoms with Crippen LogP contribution in [-0.4, -0.2) is 29.1 Å². The normalized spacial score (nSPS) is 10.7. The molecule has 6 nitrogen and oxygen atoms in total. The van der Waals surface area contributed by atoms with Crippen molar-refractivity contribution in [2.45, 2.75) is 34.1 Å². The summed E-state index contributed by atoms with van der Waals surface area (Å²) < 4.78 is 11.1. The Morgan fingerprint density at radius 2 is 1.61 bits per heavy atom. The average molecular weight is 379 g/mol. The molecule has 1 amide bonds. The molecule has 0 atom stereocenters. The highest BCUT2D eigenvalue weighted by molar-refractivity contribution is 6.05. The second-order valence-corrected chi connectivity index (χ2v) is 6.56. The third-order valence-corrected chi connectivity index (χ3v) is 4.33. The van der Waals surface area contributed by atoms with Crippen LogP contribution in [0.5, 0.6) is 11.6 Å². The molecule has 3 rings (SSSR count). The molecule has 3 aromatic rings. The number of hydrogen-bond donors (Lipinski definition) is 1. The standard InChI is InChI=1S/C22H25N3O3/c1-5-11-28-22-20(24-18-12-14(3)15(4)13-19(18)25-22)21(26)23-16-7-9-17(10-8-16)27-6-2/h7-10,12-13H,5-6,11H2,1-4H3,(H,23,26). The van der Waals surface area contributed by atoms with E-state index in [4.69, 9.17) is 9.47 Å². The highest BCUT2D eigenvalue weighted by Gasteiger charge is 2.19. The lowest BCUT2D eigenvalue weighted by molar-refractivity contribution is 0.101. The number of ether oxygens (including phenoxy) is 2. The first-order valence-corrected chi connectivity index (χ1v) is 9.47. The number of carbonyl (C=O) groups is 1. The Morgan fingerprint density at radius 3 is 2.21 bits per heavy atom. The Kier molecular flexibility index (Phi) is 6.09.